The van der Waals surface area contributed by atoms with E-state index in [0.717, 1.165) is 5.69 Å². The highest BCUT2D eigenvalue weighted by Gasteiger charge is 2.11. The largest absolute Gasteiger partial charge is 0.482 e. The van der Waals surface area contributed by atoms with Crippen LogP contribution in [0.1, 0.15) is 0 Å². The molecule has 0 atom stereocenters. The summed E-state index contributed by atoms with van der Waals surface area (Å²) in [6, 6.07) is 16.5. The average Bonchev–Trinajstić information content (AvgIpc) is 2.46. The van der Waals surface area contributed by atoms with Gasteiger partial charge in [-0.05, 0) is 24.3 Å². The minimum Gasteiger partial charge on any atom is -0.482 e. The number of likely N-dealkylation sites (N-methyl/N-ethyl adjacent to an activating group) is 1. The first kappa shape index (κ1) is 13.0. The lowest BCUT2D eigenvalue weighted by atomic mass is 10.3. The molecule has 2 aromatic rings. The van der Waals surface area contributed by atoms with Gasteiger partial charge in [-0.25, -0.2) is 0 Å². The highest BCUT2D eigenvalue weighted by atomic mass is 16.5. The highest BCUT2D eigenvalue weighted by molar-refractivity contribution is 5.93. The minimum absolute atomic E-state index is 0.0421. The van der Waals surface area contributed by atoms with Gasteiger partial charge in [0.25, 0.3) is 5.91 Å². The van der Waals surface area contributed by atoms with Crippen LogP contribution in [0, 0.1) is 0 Å². The van der Waals surface area contributed by atoms with Crippen LogP contribution < -0.4 is 15.4 Å². The van der Waals surface area contributed by atoms with E-state index in [2.05, 4.69) is 0 Å². The maximum atomic E-state index is 12.0. The third-order valence-corrected chi connectivity index (χ3v) is 2.79. The molecule has 0 heterocycles. The van der Waals surface area contributed by atoms with Gasteiger partial charge in [-0.15, -0.1) is 0 Å². The second kappa shape index (κ2) is 5.91. The van der Waals surface area contributed by atoms with Crippen LogP contribution >= 0.6 is 0 Å². The van der Waals surface area contributed by atoms with Gasteiger partial charge in [0.05, 0.1) is 5.69 Å². The van der Waals surface area contributed by atoms with Gasteiger partial charge in [-0.3, -0.25) is 4.79 Å². The van der Waals surface area contributed by atoms with E-state index in [4.69, 9.17) is 10.5 Å². The number of carbonyl (C=O) groups is 1. The Morgan fingerprint density at radius 2 is 1.74 bits per heavy atom. The monoisotopic (exact) mass is 256 g/mol. The number of nitrogen functional groups attached to an aromatic ring is 1. The molecule has 0 spiro atoms. The van der Waals surface area contributed by atoms with Crippen LogP contribution in [0.2, 0.25) is 0 Å². The predicted molar refractivity (Wildman–Crippen MR) is 76.2 cm³/mol. The van der Waals surface area contributed by atoms with Crippen LogP contribution in [-0.4, -0.2) is 19.6 Å². The van der Waals surface area contributed by atoms with Crippen molar-refractivity contribution in [3.8, 4) is 5.75 Å². The maximum Gasteiger partial charge on any atom is 0.264 e. The van der Waals surface area contributed by atoms with Crippen LogP contribution in [0.5, 0.6) is 5.75 Å². The normalized spacial score (nSPS) is 9.95. The fourth-order valence-electron chi connectivity index (χ4n) is 1.64. The molecule has 4 heteroatoms. The van der Waals surface area contributed by atoms with E-state index in [1.165, 1.54) is 0 Å². The van der Waals surface area contributed by atoms with E-state index in [1.807, 2.05) is 42.5 Å². The van der Waals surface area contributed by atoms with Gasteiger partial charge in [0.1, 0.15) is 5.75 Å². The summed E-state index contributed by atoms with van der Waals surface area (Å²) in [7, 11) is 1.72. The minimum atomic E-state index is -0.130. The van der Waals surface area contributed by atoms with Gasteiger partial charge in [0.2, 0.25) is 0 Å². The standard InChI is InChI=1S/C15H16N2O2/c1-17(12-7-3-2-4-8-12)15(18)11-19-14-10-6-5-9-13(14)16/h2-10H,11,16H2,1H3. The number of hydrogen-bond acceptors (Lipinski definition) is 3. The number of amides is 1. The fraction of sp³-hybridized carbons (Fsp3) is 0.133. The number of carbonyl (C=O) groups excluding carboxylic acids is 1. The van der Waals surface area contributed by atoms with E-state index in [1.54, 1.807) is 24.1 Å². The third kappa shape index (κ3) is 3.25. The number of hydrogen-bond donors (Lipinski definition) is 1. The predicted octanol–water partition coefficient (Wildman–Crippen LogP) is 2.31. The van der Waals surface area contributed by atoms with Gasteiger partial charge < -0.3 is 15.4 Å². The molecule has 0 aromatic heterocycles. The topological polar surface area (TPSA) is 55.6 Å². The van der Waals surface area contributed by atoms with E-state index < -0.39 is 0 Å². The molecular weight excluding hydrogens is 240 g/mol. The van der Waals surface area contributed by atoms with Crippen molar-refractivity contribution in [2.24, 2.45) is 0 Å². The Balaban J connectivity index is 1.97. The van der Waals surface area contributed by atoms with Crippen molar-refractivity contribution >= 4 is 17.3 Å². The molecule has 1 amide bonds. The van der Waals surface area contributed by atoms with Gasteiger partial charge in [-0.1, -0.05) is 30.3 Å². The number of nitrogens with two attached hydrogens (primary N) is 1. The summed E-state index contributed by atoms with van der Waals surface area (Å²) in [5.74, 6) is 0.395. The summed E-state index contributed by atoms with van der Waals surface area (Å²) in [5, 5.41) is 0. The van der Waals surface area contributed by atoms with Crippen molar-refractivity contribution in [3.63, 3.8) is 0 Å². The molecular formula is C15H16N2O2. The van der Waals surface area contributed by atoms with E-state index in [9.17, 15) is 4.79 Å². The molecule has 4 nitrogen and oxygen atoms in total. The fourth-order valence-corrected chi connectivity index (χ4v) is 1.64. The molecule has 0 saturated heterocycles. The molecule has 19 heavy (non-hydrogen) atoms. The van der Waals surface area contributed by atoms with Crippen LogP contribution in [-0.2, 0) is 4.79 Å². The van der Waals surface area contributed by atoms with Gasteiger partial charge in [0, 0.05) is 12.7 Å². The first-order valence-corrected chi connectivity index (χ1v) is 5.97. The summed E-state index contributed by atoms with van der Waals surface area (Å²) in [6.07, 6.45) is 0. The average molecular weight is 256 g/mol. The molecule has 2 rings (SSSR count). The summed E-state index contributed by atoms with van der Waals surface area (Å²) in [4.78, 5) is 13.5. The SMILES string of the molecule is CN(C(=O)COc1ccccc1N)c1ccccc1. The number of ether oxygens (including phenoxy) is 1. The number of benzene rings is 2. The molecule has 2 aromatic carbocycles. The Morgan fingerprint density at radius 3 is 2.42 bits per heavy atom. The van der Waals surface area contributed by atoms with Crippen LogP contribution in [0.4, 0.5) is 11.4 Å². The smallest absolute Gasteiger partial charge is 0.264 e. The van der Waals surface area contributed by atoms with E-state index >= 15 is 0 Å². The molecule has 0 bridgehead atoms. The summed E-state index contributed by atoms with van der Waals surface area (Å²) >= 11 is 0. The maximum absolute atomic E-state index is 12.0. The second-order valence-electron chi connectivity index (χ2n) is 4.11. The molecule has 0 radical (unpaired) electrons. The lowest BCUT2D eigenvalue weighted by Gasteiger charge is -2.17. The zero-order chi connectivity index (χ0) is 13.7. The Labute approximate surface area is 112 Å². The lowest BCUT2D eigenvalue weighted by Crippen LogP contribution is -2.31. The highest BCUT2D eigenvalue weighted by Crippen LogP contribution is 2.20. The van der Waals surface area contributed by atoms with Crippen molar-refractivity contribution in [1.29, 1.82) is 0 Å². The Bertz CT molecular complexity index is 555. The molecule has 0 fully saturated rings. The Hall–Kier alpha value is -2.49. The zero-order valence-corrected chi connectivity index (χ0v) is 10.7. The quantitative estimate of drug-likeness (QED) is 0.854. The van der Waals surface area contributed by atoms with Gasteiger partial charge in [0.15, 0.2) is 6.61 Å². The van der Waals surface area contributed by atoms with Gasteiger partial charge >= 0.3 is 0 Å². The molecule has 0 aliphatic heterocycles. The van der Waals surface area contributed by atoms with Crippen molar-refractivity contribution in [2.75, 3.05) is 24.3 Å². The molecule has 2 N–H and O–H groups in total. The van der Waals surface area contributed by atoms with Crippen LogP contribution in [0.15, 0.2) is 54.6 Å². The number of rotatable bonds is 4. The third-order valence-electron chi connectivity index (χ3n) is 2.79. The summed E-state index contributed by atoms with van der Waals surface area (Å²) in [6.45, 7) is -0.0421. The lowest BCUT2D eigenvalue weighted by molar-refractivity contribution is -0.120. The van der Waals surface area contributed by atoms with Crippen molar-refractivity contribution in [1.82, 2.24) is 0 Å². The molecule has 0 aliphatic rings. The molecule has 98 valence electrons. The number of anilines is 2. The number of nitrogens with zero attached hydrogens (tertiary/aromatic N) is 1. The molecule has 0 unspecified atom stereocenters. The first-order chi connectivity index (χ1) is 9.18. The Kier molecular flexibility index (Phi) is 4.03. The van der Waals surface area contributed by atoms with Crippen LogP contribution in [0.25, 0.3) is 0 Å². The van der Waals surface area contributed by atoms with Crippen molar-refractivity contribution in [2.45, 2.75) is 0 Å². The van der Waals surface area contributed by atoms with E-state index in [-0.39, 0.29) is 12.5 Å². The van der Waals surface area contributed by atoms with Crippen molar-refractivity contribution in [3.05, 3.63) is 54.6 Å². The summed E-state index contributed by atoms with van der Waals surface area (Å²) < 4.78 is 5.42. The Morgan fingerprint density at radius 1 is 1.11 bits per heavy atom. The van der Waals surface area contributed by atoms with E-state index in [0.29, 0.717) is 11.4 Å². The molecule has 0 saturated carbocycles. The number of para-hydroxylation sites is 3. The van der Waals surface area contributed by atoms with Crippen molar-refractivity contribution < 1.29 is 9.53 Å². The zero-order valence-electron chi connectivity index (χ0n) is 10.7. The van der Waals surface area contributed by atoms with Gasteiger partial charge in [-0.2, -0.15) is 0 Å². The first-order valence-electron chi connectivity index (χ1n) is 5.97. The van der Waals surface area contributed by atoms with Crippen LogP contribution in [0.3, 0.4) is 0 Å². The second-order valence-corrected chi connectivity index (χ2v) is 4.11. The summed E-state index contributed by atoms with van der Waals surface area (Å²) in [5.41, 5.74) is 7.10. The molecule has 0 aliphatic carbocycles.